The number of hydrogen-bond donors (Lipinski definition) is 2. The smallest absolute Gasteiger partial charge is 0.271 e. The fourth-order valence-corrected chi connectivity index (χ4v) is 2.98. The van der Waals surface area contributed by atoms with Crippen molar-refractivity contribution in [2.75, 3.05) is 13.1 Å². The lowest BCUT2D eigenvalue weighted by Crippen LogP contribution is -2.44. The molecular formula is C16H17ClN4O2. The van der Waals surface area contributed by atoms with Gasteiger partial charge in [-0.15, -0.1) is 0 Å². The molecule has 3 N–H and O–H groups in total. The van der Waals surface area contributed by atoms with Crippen LogP contribution in [0.3, 0.4) is 0 Å². The van der Waals surface area contributed by atoms with Crippen LogP contribution >= 0.6 is 11.6 Å². The molecule has 7 heteroatoms. The summed E-state index contributed by atoms with van der Waals surface area (Å²) in [6.07, 6.45) is 1.50. The number of aromatic amines is 1. The molecule has 2 amide bonds. The van der Waals surface area contributed by atoms with Gasteiger partial charge in [-0.05, 0) is 31.0 Å². The number of benzene rings is 1. The van der Waals surface area contributed by atoms with Crippen LogP contribution in [0.15, 0.2) is 30.3 Å². The van der Waals surface area contributed by atoms with Crippen LogP contribution < -0.4 is 5.73 Å². The SMILES string of the molecule is NC(=O)C1CCCN(C(=O)c2cc(-c3cccc(Cl)c3)n[nH]2)C1. The van der Waals surface area contributed by atoms with Gasteiger partial charge in [-0.25, -0.2) is 0 Å². The van der Waals surface area contributed by atoms with E-state index in [1.165, 1.54) is 0 Å². The summed E-state index contributed by atoms with van der Waals surface area (Å²) in [6.45, 7) is 0.980. The van der Waals surface area contributed by atoms with Crippen LogP contribution in [0.1, 0.15) is 23.3 Å². The second-order valence-corrected chi connectivity index (χ2v) is 6.11. The summed E-state index contributed by atoms with van der Waals surface area (Å²) >= 11 is 5.97. The van der Waals surface area contributed by atoms with Gasteiger partial charge in [0.15, 0.2) is 0 Å². The molecule has 0 spiro atoms. The van der Waals surface area contributed by atoms with Crippen LogP contribution in [0.4, 0.5) is 0 Å². The number of carbonyl (C=O) groups is 2. The highest BCUT2D eigenvalue weighted by Gasteiger charge is 2.28. The fraction of sp³-hybridized carbons (Fsp3) is 0.312. The molecular weight excluding hydrogens is 316 g/mol. The summed E-state index contributed by atoms with van der Waals surface area (Å²) in [5.41, 5.74) is 7.23. The zero-order valence-electron chi connectivity index (χ0n) is 12.5. The standard InChI is InChI=1S/C16H17ClN4O2/c17-12-5-1-3-10(7-12)13-8-14(20-19-13)16(23)21-6-2-4-11(9-21)15(18)22/h1,3,5,7-8,11H,2,4,6,9H2,(H2,18,22)(H,19,20). The molecule has 6 nitrogen and oxygen atoms in total. The minimum absolute atomic E-state index is 0.170. The quantitative estimate of drug-likeness (QED) is 0.901. The molecule has 1 fully saturated rings. The Hall–Kier alpha value is -2.34. The minimum atomic E-state index is -0.355. The molecule has 120 valence electrons. The first-order valence-electron chi connectivity index (χ1n) is 7.44. The number of H-pyrrole nitrogens is 1. The van der Waals surface area contributed by atoms with Gasteiger partial charge in [0.2, 0.25) is 5.91 Å². The molecule has 2 aromatic rings. The molecule has 1 aliphatic heterocycles. The first-order valence-corrected chi connectivity index (χ1v) is 7.82. The van der Waals surface area contributed by atoms with E-state index in [2.05, 4.69) is 10.2 Å². The van der Waals surface area contributed by atoms with Crippen molar-refractivity contribution in [3.05, 3.63) is 41.0 Å². The molecule has 1 unspecified atom stereocenters. The van der Waals surface area contributed by atoms with E-state index < -0.39 is 0 Å². The second kappa shape index (κ2) is 6.42. The fourth-order valence-electron chi connectivity index (χ4n) is 2.79. The van der Waals surface area contributed by atoms with Gasteiger partial charge in [0.1, 0.15) is 5.69 Å². The Labute approximate surface area is 138 Å². The molecule has 23 heavy (non-hydrogen) atoms. The number of carbonyl (C=O) groups excluding carboxylic acids is 2. The number of hydrogen-bond acceptors (Lipinski definition) is 3. The van der Waals surface area contributed by atoms with E-state index >= 15 is 0 Å². The number of aromatic nitrogens is 2. The summed E-state index contributed by atoms with van der Waals surface area (Å²) in [4.78, 5) is 25.5. The lowest BCUT2D eigenvalue weighted by Gasteiger charge is -2.30. The van der Waals surface area contributed by atoms with Crippen molar-refractivity contribution in [1.29, 1.82) is 0 Å². The Morgan fingerprint density at radius 2 is 2.17 bits per heavy atom. The zero-order chi connectivity index (χ0) is 16.4. The lowest BCUT2D eigenvalue weighted by atomic mass is 9.97. The zero-order valence-corrected chi connectivity index (χ0v) is 13.2. The molecule has 0 bridgehead atoms. The number of nitrogens with zero attached hydrogens (tertiary/aromatic N) is 2. The first-order chi connectivity index (χ1) is 11.0. The monoisotopic (exact) mass is 332 g/mol. The second-order valence-electron chi connectivity index (χ2n) is 5.67. The predicted molar refractivity (Wildman–Crippen MR) is 86.9 cm³/mol. The topological polar surface area (TPSA) is 92.1 Å². The Morgan fingerprint density at radius 1 is 1.35 bits per heavy atom. The maximum atomic E-state index is 12.6. The van der Waals surface area contributed by atoms with Crippen molar-refractivity contribution < 1.29 is 9.59 Å². The Kier molecular flexibility index (Phi) is 4.34. The normalized spacial score (nSPS) is 18.0. The van der Waals surface area contributed by atoms with Crippen molar-refractivity contribution in [2.45, 2.75) is 12.8 Å². The molecule has 1 atom stereocenters. The van der Waals surface area contributed by atoms with Crippen molar-refractivity contribution in [2.24, 2.45) is 11.7 Å². The number of amides is 2. The molecule has 1 aromatic heterocycles. The van der Waals surface area contributed by atoms with Gasteiger partial charge in [-0.2, -0.15) is 5.10 Å². The summed E-state index contributed by atoms with van der Waals surface area (Å²) in [5, 5.41) is 7.55. The van der Waals surface area contributed by atoms with Crippen LogP contribution in [-0.4, -0.2) is 40.0 Å². The molecule has 0 saturated carbocycles. The maximum absolute atomic E-state index is 12.6. The van der Waals surface area contributed by atoms with Crippen molar-refractivity contribution in [3.63, 3.8) is 0 Å². The van der Waals surface area contributed by atoms with Crippen molar-refractivity contribution >= 4 is 23.4 Å². The average molecular weight is 333 g/mol. The summed E-state index contributed by atoms with van der Waals surface area (Å²) in [6, 6.07) is 8.97. The largest absolute Gasteiger partial charge is 0.369 e. The summed E-state index contributed by atoms with van der Waals surface area (Å²) in [5.74, 6) is -0.800. The van der Waals surface area contributed by atoms with Gasteiger partial charge in [0.25, 0.3) is 5.91 Å². The van der Waals surface area contributed by atoms with E-state index in [0.29, 0.717) is 29.5 Å². The third-order valence-corrected chi connectivity index (χ3v) is 4.27. The molecule has 0 aliphatic carbocycles. The molecule has 1 saturated heterocycles. The van der Waals surface area contributed by atoms with Crippen LogP contribution in [0.5, 0.6) is 0 Å². The van der Waals surface area contributed by atoms with E-state index in [1.807, 2.05) is 12.1 Å². The molecule has 3 rings (SSSR count). The van der Waals surface area contributed by atoms with Crippen LogP contribution in [0.25, 0.3) is 11.3 Å². The molecule has 2 heterocycles. The molecule has 1 aliphatic rings. The van der Waals surface area contributed by atoms with Gasteiger partial charge >= 0.3 is 0 Å². The number of nitrogens with one attached hydrogen (secondary N) is 1. The third-order valence-electron chi connectivity index (χ3n) is 4.04. The Morgan fingerprint density at radius 3 is 2.91 bits per heavy atom. The predicted octanol–water partition coefficient (Wildman–Crippen LogP) is 2.07. The highest BCUT2D eigenvalue weighted by Crippen LogP contribution is 2.23. The highest BCUT2D eigenvalue weighted by atomic mass is 35.5. The van der Waals surface area contributed by atoms with Gasteiger partial charge in [0.05, 0.1) is 11.6 Å². The maximum Gasteiger partial charge on any atom is 0.271 e. The number of likely N-dealkylation sites (tertiary alicyclic amines) is 1. The van der Waals surface area contributed by atoms with Gasteiger partial charge in [-0.1, -0.05) is 23.7 Å². The number of piperidine rings is 1. The van der Waals surface area contributed by atoms with Crippen LogP contribution in [-0.2, 0) is 4.79 Å². The number of primary amides is 1. The average Bonchev–Trinajstić information content (AvgIpc) is 3.04. The Bertz CT molecular complexity index is 743. The first kappa shape index (κ1) is 15.6. The van der Waals surface area contributed by atoms with E-state index in [0.717, 1.165) is 18.4 Å². The number of halogens is 1. The molecule has 1 aromatic carbocycles. The van der Waals surface area contributed by atoms with Gasteiger partial charge in [0, 0.05) is 23.7 Å². The van der Waals surface area contributed by atoms with Gasteiger partial charge < -0.3 is 10.6 Å². The minimum Gasteiger partial charge on any atom is -0.369 e. The lowest BCUT2D eigenvalue weighted by molar-refractivity contribution is -0.123. The summed E-state index contributed by atoms with van der Waals surface area (Å²) < 4.78 is 0. The third kappa shape index (κ3) is 3.37. The van der Waals surface area contributed by atoms with Gasteiger partial charge in [-0.3, -0.25) is 14.7 Å². The highest BCUT2D eigenvalue weighted by molar-refractivity contribution is 6.30. The van der Waals surface area contributed by atoms with Crippen LogP contribution in [0.2, 0.25) is 5.02 Å². The van der Waals surface area contributed by atoms with E-state index in [9.17, 15) is 9.59 Å². The number of rotatable bonds is 3. The van der Waals surface area contributed by atoms with E-state index in [4.69, 9.17) is 17.3 Å². The Balaban J connectivity index is 1.77. The number of nitrogens with two attached hydrogens (primary N) is 1. The van der Waals surface area contributed by atoms with Crippen molar-refractivity contribution in [3.8, 4) is 11.3 Å². The summed E-state index contributed by atoms with van der Waals surface area (Å²) in [7, 11) is 0. The van der Waals surface area contributed by atoms with E-state index in [1.54, 1.807) is 23.1 Å². The van der Waals surface area contributed by atoms with Crippen molar-refractivity contribution in [1.82, 2.24) is 15.1 Å². The van der Waals surface area contributed by atoms with Crippen LogP contribution in [0, 0.1) is 5.92 Å². The van der Waals surface area contributed by atoms with E-state index in [-0.39, 0.29) is 17.7 Å². The molecule has 0 radical (unpaired) electrons.